The van der Waals surface area contributed by atoms with Crippen molar-refractivity contribution in [1.82, 2.24) is 5.32 Å². The van der Waals surface area contributed by atoms with Crippen molar-refractivity contribution in [2.45, 2.75) is 32.9 Å². The summed E-state index contributed by atoms with van der Waals surface area (Å²) in [5, 5.41) is 3.36. The average Bonchev–Trinajstić information content (AvgIpc) is 2.25. The molecule has 0 aliphatic rings. The number of nitrogen functional groups attached to an aromatic ring is 1. The van der Waals surface area contributed by atoms with Crippen molar-refractivity contribution in [3.8, 4) is 0 Å². The Morgan fingerprint density at radius 2 is 2.06 bits per heavy atom. The number of nitrogens with two attached hydrogens (primary N) is 1. The summed E-state index contributed by atoms with van der Waals surface area (Å²) >= 11 is 0. The van der Waals surface area contributed by atoms with Crippen molar-refractivity contribution >= 4 is 5.69 Å². The van der Waals surface area contributed by atoms with Crippen LogP contribution in [0.2, 0.25) is 0 Å². The first-order chi connectivity index (χ1) is 7.70. The summed E-state index contributed by atoms with van der Waals surface area (Å²) in [6.07, 6.45) is 1.36. The van der Waals surface area contributed by atoms with Crippen LogP contribution in [0.1, 0.15) is 25.8 Å². The van der Waals surface area contributed by atoms with Crippen LogP contribution in [0, 0.1) is 0 Å². The summed E-state index contributed by atoms with van der Waals surface area (Å²) in [5.74, 6) is 0. The van der Waals surface area contributed by atoms with E-state index in [1.165, 1.54) is 0 Å². The fourth-order valence-corrected chi connectivity index (χ4v) is 1.43. The normalized spacial score (nSPS) is 10.9. The molecule has 0 spiro atoms. The number of ether oxygens (including phenoxy) is 1. The predicted molar refractivity (Wildman–Crippen MR) is 68.3 cm³/mol. The molecule has 90 valence electrons. The Morgan fingerprint density at radius 1 is 1.31 bits per heavy atom. The van der Waals surface area contributed by atoms with E-state index < -0.39 is 0 Å². The van der Waals surface area contributed by atoms with Gasteiger partial charge in [-0.3, -0.25) is 0 Å². The Bertz CT molecular complexity index is 300. The van der Waals surface area contributed by atoms with E-state index in [2.05, 4.69) is 19.2 Å². The maximum atomic E-state index is 5.84. The average molecular weight is 222 g/mol. The van der Waals surface area contributed by atoms with Gasteiger partial charge in [0.1, 0.15) is 0 Å². The van der Waals surface area contributed by atoms with Gasteiger partial charge in [-0.15, -0.1) is 0 Å². The highest BCUT2D eigenvalue weighted by Gasteiger charge is 1.97. The van der Waals surface area contributed by atoms with E-state index in [0.29, 0.717) is 6.10 Å². The smallest absolute Gasteiger partial charge is 0.0518 e. The van der Waals surface area contributed by atoms with Crippen molar-refractivity contribution in [1.29, 1.82) is 0 Å². The van der Waals surface area contributed by atoms with Gasteiger partial charge in [0.05, 0.1) is 6.10 Å². The zero-order chi connectivity index (χ0) is 11.8. The van der Waals surface area contributed by atoms with Gasteiger partial charge in [0.2, 0.25) is 0 Å². The molecule has 0 atom stereocenters. The lowest BCUT2D eigenvalue weighted by Gasteiger charge is -2.09. The van der Waals surface area contributed by atoms with Crippen molar-refractivity contribution in [2.24, 2.45) is 0 Å². The zero-order valence-electron chi connectivity index (χ0n) is 10.2. The van der Waals surface area contributed by atoms with Gasteiger partial charge < -0.3 is 15.8 Å². The van der Waals surface area contributed by atoms with Crippen LogP contribution in [0.3, 0.4) is 0 Å². The minimum absolute atomic E-state index is 0.324. The molecule has 0 heterocycles. The summed E-state index contributed by atoms with van der Waals surface area (Å²) in [6, 6.07) is 7.94. The molecule has 3 nitrogen and oxygen atoms in total. The molecule has 0 bridgehead atoms. The van der Waals surface area contributed by atoms with Gasteiger partial charge in [-0.05, 0) is 38.4 Å². The van der Waals surface area contributed by atoms with Crippen molar-refractivity contribution in [3.63, 3.8) is 0 Å². The molecule has 1 aromatic carbocycles. The van der Waals surface area contributed by atoms with E-state index in [1.54, 1.807) is 0 Å². The van der Waals surface area contributed by atoms with Crippen molar-refractivity contribution < 1.29 is 4.74 Å². The molecule has 1 rings (SSSR count). The highest BCUT2D eigenvalue weighted by atomic mass is 16.5. The lowest BCUT2D eigenvalue weighted by Crippen LogP contribution is -2.18. The molecule has 0 saturated heterocycles. The van der Waals surface area contributed by atoms with Crippen LogP contribution in [0.5, 0.6) is 0 Å². The van der Waals surface area contributed by atoms with E-state index in [4.69, 9.17) is 10.5 Å². The summed E-state index contributed by atoms with van der Waals surface area (Å²) < 4.78 is 5.45. The van der Waals surface area contributed by atoms with Crippen molar-refractivity contribution in [3.05, 3.63) is 29.8 Å². The molecule has 0 aromatic heterocycles. The second kappa shape index (κ2) is 7.25. The van der Waals surface area contributed by atoms with Crippen LogP contribution in [0.25, 0.3) is 0 Å². The standard InChI is InChI=1S/C13H22N2O/c1-11(2)16-9-5-8-15-10-12-6-3-4-7-13(12)14/h3-4,6-7,11,15H,5,8-10,14H2,1-2H3. The number of rotatable bonds is 7. The second-order valence-corrected chi connectivity index (χ2v) is 4.15. The summed E-state index contributed by atoms with van der Waals surface area (Å²) in [6.45, 7) is 6.71. The van der Waals surface area contributed by atoms with Gasteiger partial charge in [0.25, 0.3) is 0 Å². The number of nitrogens with one attached hydrogen (secondary N) is 1. The zero-order valence-corrected chi connectivity index (χ0v) is 10.2. The highest BCUT2D eigenvalue weighted by molar-refractivity contribution is 5.46. The molecular formula is C13H22N2O. The molecule has 0 amide bonds. The maximum Gasteiger partial charge on any atom is 0.0518 e. The molecule has 16 heavy (non-hydrogen) atoms. The van der Waals surface area contributed by atoms with Crippen LogP contribution in [0.4, 0.5) is 5.69 Å². The van der Waals surface area contributed by atoms with E-state index >= 15 is 0 Å². The Balaban J connectivity index is 2.10. The summed E-state index contributed by atoms with van der Waals surface area (Å²) in [4.78, 5) is 0. The molecule has 0 radical (unpaired) electrons. The Morgan fingerprint density at radius 3 is 2.75 bits per heavy atom. The molecule has 0 aliphatic heterocycles. The molecule has 0 fully saturated rings. The molecule has 0 saturated carbocycles. The number of para-hydroxylation sites is 1. The molecule has 1 aromatic rings. The second-order valence-electron chi connectivity index (χ2n) is 4.15. The van der Waals surface area contributed by atoms with E-state index in [-0.39, 0.29) is 0 Å². The highest BCUT2D eigenvalue weighted by Crippen LogP contribution is 2.09. The molecule has 0 aliphatic carbocycles. The lowest BCUT2D eigenvalue weighted by atomic mass is 10.2. The largest absolute Gasteiger partial charge is 0.398 e. The number of benzene rings is 1. The molecule has 0 unspecified atom stereocenters. The van der Waals surface area contributed by atoms with Crippen LogP contribution < -0.4 is 11.1 Å². The SMILES string of the molecule is CC(C)OCCCNCc1ccccc1N. The van der Waals surface area contributed by atoms with Gasteiger partial charge in [-0.2, -0.15) is 0 Å². The molecular weight excluding hydrogens is 200 g/mol. The third kappa shape index (κ3) is 5.14. The topological polar surface area (TPSA) is 47.3 Å². The van der Waals surface area contributed by atoms with E-state index in [1.807, 2.05) is 24.3 Å². The van der Waals surface area contributed by atoms with Crippen LogP contribution in [0.15, 0.2) is 24.3 Å². The Kier molecular flexibility index (Phi) is 5.90. The van der Waals surface area contributed by atoms with Crippen LogP contribution >= 0.6 is 0 Å². The molecule has 3 N–H and O–H groups in total. The van der Waals surface area contributed by atoms with Crippen LogP contribution in [-0.2, 0) is 11.3 Å². The first-order valence-corrected chi connectivity index (χ1v) is 5.86. The predicted octanol–water partition coefficient (Wildman–Crippen LogP) is 2.17. The quantitative estimate of drug-likeness (QED) is 0.549. The fourth-order valence-electron chi connectivity index (χ4n) is 1.43. The van der Waals surface area contributed by atoms with Gasteiger partial charge >= 0.3 is 0 Å². The van der Waals surface area contributed by atoms with Crippen molar-refractivity contribution in [2.75, 3.05) is 18.9 Å². The monoisotopic (exact) mass is 222 g/mol. The molecule has 3 heteroatoms. The summed E-state index contributed by atoms with van der Waals surface area (Å²) in [5.41, 5.74) is 7.85. The third-order valence-corrected chi connectivity index (χ3v) is 2.32. The van der Waals surface area contributed by atoms with Gasteiger partial charge in [-0.25, -0.2) is 0 Å². The van der Waals surface area contributed by atoms with E-state index in [9.17, 15) is 0 Å². The number of hydrogen-bond acceptors (Lipinski definition) is 3. The first kappa shape index (κ1) is 13.0. The minimum Gasteiger partial charge on any atom is -0.398 e. The summed E-state index contributed by atoms with van der Waals surface area (Å²) in [7, 11) is 0. The van der Waals surface area contributed by atoms with E-state index in [0.717, 1.165) is 37.4 Å². The Labute approximate surface area is 98.0 Å². The maximum absolute atomic E-state index is 5.84. The minimum atomic E-state index is 0.324. The number of hydrogen-bond donors (Lipinski definition) is 2. The van der Waals surface area contributed by atoms with Gasteiger partial charge in [0, 0.05) is 18.8 Å². The fraction of sp³-hybridized carbons (Fsp3) is 0.538. The third-order valence-electron chi connectivity index (χ3n) is 2.32. The number of anilines is 1. The van der Waals surface area contributed by atoms with Gasteiger partial charge in [-0.1, -0.05) is 18.2 Å². The lowest BCUT2D eigenvalue weighted by molar-refractivity contribution is 0.0770. The van der Waals surface area contributed by atoms with Gasteiger partial charge in [0.15, 0.2) is 0 Å². The van der Waals surface area contributed by atoms with Crippen LogP contribution in [-0.4, -0.2) is 19.3 Å². The Hall–Kier alpha value is -1.06. The first-order valence-electron chi connectivity index (χ1n) is 5.86.